The van der Waals surface area contributed by atoms with Crippen LogP contribution in [0.4, 0.5) is 18.9 Å². The van der Waals surface area contributed by atoms with Gasteiger partial charge in [0.15, 0.2) is 0 Å². The van der Waals surface area contributed by atoms with Crippen molar-refractivity contribution in [1.82, 2.24) is 4.90 Å². The number of nitrogens with two attached hydrogens (primary N) is 1. The number of para-hydroxylation sites is 1. The van der Waals surface area contributed by atoms with Gasteiger partial charge in [-0.2, -0.15) is 13.2 Å². The van der Waals surface area contributed by atoms with Crippen LogP contribution in [-0.4, -0.2) is 49.8 Å². The van der Waals surface area contributed by atoms with Crippen LogP contribution in [0.2, 0.25) is 0 Å². The molecule has 1 aromatic rings. The summed E-state index contributed by atoms with van der Waals surface area (Å²) in [5, 5.41) is 0. The molecule has 2 rings (SSSR count). The number of hydrogen-bond acceptors (Lipinski definition) is 3. The Balaban J connectivity index is 1.96. The lowest BCUT2D eigenvalue weighted by molar-refractivity contribution is -0.185. The van der Waals surface area contributed by atoms with Gasteiger partial charge in [-0.25, -0.2) is 0 Å². The third-order valence-electron chi connectivity index (χ3n) is 3.69. The van der Waals surface area contributed by atoms with Crippen molar-refractivity contribution >= 4 is 5.69 Å². The normalized spacial score (nSPS) is 19.1. The largest absolute Gasteiger partial charge is 0.404 e. The molecule has 0 spiro atoms. The van der Waals surface area contributed by atoms with E-state index in [0.29, 0.717) is 26.2 Å². The van der Waals surface area contributed by atoms with Crippen molar-refractivity contribution in [3.05, 3.63) is 30.3 Å². The third kappa shape index (κ3) is 3.64. The lowest BCUT2D eigenvalue weighted by Crippen LogP contribution is -2.55. The Labute approximate surface area is 117 Å². The molecule has 112 valence electrons. The molecular formula is C14H20F3N3. The molecule has 1 fully saturated rings. The van der Waals surface area contributed by atoms with E-state index in [-0.39, 0.29) is 13.0 Å². The minimum Gasteiger partial charge on any atom is -0.369 e. The van der Waals surface area contributed by atoms with Crippen LogP contribution in [-0.2, 0) is 0 Å². The summed E-state index contributed by atoms with van der Waals surface area (Å²) in [5.41, 5.74) is 6.38. The van der Waals surface area contributed by atoms with Gasteiger partial charge in [-0.05, 0) is 25.1 Å². The number of nitrogens with zero attached hydrogens (tertiary/aromatic N) is 2. The standard InChI is InChI=1S/C14H20F3N3/c15-14(16,17)13(6-7-18)20-10-8-19(9-11-20)12-4-2-1-3-5-12/h1-5,13H,6-11,18H2. The molecule has 0 amide bonds. The Morgan fingerprint density at radius 1 is 1.05 bits per heavy atom. The van der Waals surface area contributed by atoms with Crippen molar-refractivity contribution in [3.8, 4) is 0 Å². The van der Waals surface area contributed by atoms with E-state index < -0.39 is 12.2 Å². The molecule has 1 atom stereocenters. The highest BCUT2D eigenvalue weighted by atomic mass is 19.4. The van der Waals surface area contributed by atoms with Crippen molar-refractivity contribution in [2.24, 2.45) is 5.73 Å². The predicted molar refractivity (Wildman–Crippen MR) is 73.7 cm³/mol. The minimum absolute atomic E-state index is 0.0329. The summed E-state index contributed by atoms with van der Waals surface area (Å²) >= 11 is 0. The molecule has 1 aliphatic heterocycles. The van der Waals surface area contributed by atoms with Gasteiger partial charge in [0, 0.05) is 31.9 Å². The lowest BCUT2D eigenvalue weighted by atomic mass is 10.1. The summed E-state index contributed by atoms with van der Waals surface area (Å²) in [7, 11) is 0. The summed E-state index contributed by atoms with van der Waals surface area (Å²) in [4.78, 5) is 3.62. The molecular weight excluding hydrogens is 267 g/mol. The van der Waals surface area contributed by atoms with Gasteiger partial charge >= 0.3 is 6.18 Å². The highest BCUT2D eigenvalue weighted by Gasteiger charge is 2.43. The molecule has 1 aliphatic rings. The Hall–Kier alpha value is -1.27. The Kier molecular flexibility index (Phi) is 4.88. The number of hydrogen-bond donors (Lipinski definition) is 1. The van der Waals surface area contributed by atoms with E-state index in [1.165, 1.54) is 4.90 Å². The maximum atomic E-state index is 13.0. The predicted octanol–water partition coefficient (Wildman–Crippen LogP) is 2.09. The number of halogens is 3. The second-order valence-electron chi connectivity index (χ2n) is 4.99. The van der Waals surface area contributed by atoms with E-state index >= 15 is 0 Å². The maximum Gasteiger partial charge on any atom is 0.404 e. The first-order valence-electron chi connectivity index (χ1n) is 6.83. The van der Waals surface area contributed by atoms with Gasteiger partial charge in [0.2, 0.25) is 0 Å². The highest BCUT2D eigenvalue weighted by molar-refractivity contribution is 5.46. The van der Waals surface area contributed by atoms with E-state index in [0.717, 1.165) is 5.69 Å². The first-order valence-corrected chi connectivity index (χ1v) is 6.83. The van der Waals surface area contributed by atoms with Gasteiger partial charge in [0.05, 0.1) is 0 Å². The topological polar surface area (TPSA) is 32.5 Å². The fourth-order valence-electron chi connectivity index (χ4n) is 2.64. The van der Waals surface area contributed by atoms with Gasteiger partial charge in [-0.1, -0.05) is 18.2 Å². The second-order valence-corrected chi connectivity index (χ2v) is 4.99. The van der Waals surface area contributed by atoms with Gasteiger partial charge in [0.25, 0.3) is 0 Å². The van der Waals surface area contributed by atoms with Crippen LogP contribution >= 0.6 is 0 Å². The van der Waals surface area contributed by atoms with E-state index in [9.17, 15) is 13.2 Å². The zero-order valence-corrected chi connectivity index (χ0v) is 11.3. The average Bonchev–Trinajstić information content (AvgIpc) is 2.45. The van der Waals surface area contributed by atoms with E-state index in [1.807, 2.05) is 30.3 Å². The van der Waals surface area contributed by atoms with Crippen molar-refractivity contribution < 1.29 is 13.2 Å². The monoisotopic (exact) mass is 287 g/mol. The molecule has 0 radical (unpaired) electrons. The smallest absolute Gasteiger partial charge is 0.369 e. The SMILES string of the molecule is NCCC(N1CCN(c2ccccc2)CC1)C(F)(F)F. The molecule has 1 unspecified atom stereocenters. The first kappa shape index (κ1) is 15.1. The summed E-state index contributed by atoms with van der Waals surface area (Å²) in [6.07, 6.45) is -4.23. The van der Waals surface area contributed by atoms with Crippen LogP contribution in [0.25, 0.3) is 0 Å². The molecule has 1 heterocycles. The maximum absolute atomic E-state index is 13.0. The minimum atomic E-state index is -4.20. The van der Waals surface area contributed by atoms with Crippen LogP contribution in [0.15, 0.2) is 30.3 Å². The highest BCUT2D eigenvalue weighted by Crippen LogP contribution is 2.28. The summed E-state index contributed by atoms with van der Waals surface area (Å²) < 4.78 is 39.0. The quantitative estimate of drug-likeness (QED) is 0.920. The zero-order valence-electron chi connectivity index (χ0n) is 11.3. The Bertz CT molecular complexity index is 400. The molecule has 1 saturated heterocycles. The first-order chi connectivity index (χ1) is 9.52. The van der Waals surface area contributed by atoms with Crippen LogP contribution in [0, 0.1) is 0 Å². The number of alkyl halides is 3. The van der Waals surface area contributed by atoms with Gasteiger partial charge in [-0.15, -0.1) is 0 Å². The van der Waals surface area contributed by atoms with Crippen molar-refractivity contribution in [2.45, 2.75) is 18.6 Å². The van der Waals surface area contributed by atoms with Gasteiger partial charge in [0.1, 0.15) is 6.04 Å². The van der Waals surface area contributed by atoms with Crippen LogP contribution < -0.4 is 10.6 Å². The Morgan fingerprint density at radius 3 is 2.15 bits per heavy atom. The molecule has 2 N–H and O–H groups in total. The number of anilines is 1. The molecule has 20 heavy (non-hydrogen) atoms. The number of benzene rings is 1. The van der Waals surface area contributed by atoms with E-state index in [4.69, 9.17) is 5.73 Å². The molecule has 6 heteroatoms. The van der Waals surface area contributed by atoms with Crippen LogP contribution in [0.1, 0.15) is 6.42 Å². The third-order valence-corrected chi connectivity index (χ3v) is 3.69. The Morgan fingerprint density at radius 2 is 1.65 bits per heavy atom. The fraction of sp³-hybridized carbons (Fsp3) is 0.571. The molecule has 0 aliphatic carbocycles. The van der Waals surface area contributed by atoms with Crippen molar-refractivity contribution in [2.75, 3.05) is 37.6 Å². The zero-order chi connectivity index (χ0) is 14.6. The van der Waals surface area contributed by atoms with E-state index in [2.05, 4.69) is 4.90 Å². The van der Waals surface area contributed by atoms with Gasteiger partial charge in [-0.3, -0.25) is 4.90 Å². The van der Waals surface area contributed by atoms with E-state index in [1.54, 1.807) is 0 Å². The van der Waals surface area contributed by atoms with Crippen LogP contribution in [0.5, 0.6) is 0 Å². The number of piperazine rings is 1. The second kappa shape index (κ2) is 6.45. The fourth-order valence-corrected chi connectivity index (χ4v) is 2.64. The average molecular weight is 287 g/mol. The molecule has 0 bridgehead atoms. The molecule has 3 nitrogen and oxygen atoms in total. The van der Waals surface area contributed by atoms with Crippen LogP contribution in [0.3, 0.4) is 0 Å². The summed E-state index contributed by atoms with van der Waals surface area (Å²) in [5.74, 6) is 0. The lowest BCUT2D eigenvalue weighted by Gasteiger charge is -2.40. The van der Waals surface area contributed by atoms with Crippen molar-refractivity contribution in [1.29, 1.82) is 0 Å². The number of rotatable bonds is 4. The van der Waals surface area contributed by atoms with Crippen molar-refractivity contribution in [3.63, 3.8) is 0 Å². The summed E-state index contributed by atoms with van der Waals surface area (Å²) in [6.45, 7) is 2.11. The molecule has 1 aromatic carbocycles. The van der Waals surface area contributed by atoms with Gasteiger partial charge < -0.3 is 10.6 Å². The molecule has 0 saturated carbocycles. The molecule has 0 aromatic heterocycles. The summed E-state index contributed by atoms with van der Waals surface area (Å²) in [6, 6.07) is 8.36.